The summed E-state index contributed by atoms with van der Waals surface area (Å²) in [5, 5.41) is 3.66. The molecular weight excluding hydrogens is 244 g/mol. The first-order valence-electron chi connectivity index (χ1n) is 7.50. The van der Waals surface area contributed by atoms with Gasteiger partial charge in [-0.3, -0.25) is 4.98 Å². The van der Waals surface area contributed by atoms with Gasteiger partial charge in [-0.2, -0.15) is 0 Å². The topological polar surface area (TPSA) is 24.9 Å². The first-order valence-corrected chi connectivity index (χ1v) is 7.50. The zero-order chi connectivity index (χ0) is 13.8. The molecule has 20 heavy (non-hydrogen) atoms. The third kappa shape index (κ3) is 3.26. The van der Waals surface area contributed by atoms with E-state index in [1.54, 1.807) is 0 Å². The number of aryl methyl sites for hydroxylation is 1. The minimum atomic E-state index is 0.697. The Balaban J connectivity index is 1.39. The number of benzene rings is 1. The van der Waals surface area contributed by atoms with Crippen LogP contribution in [0.2, 0.25) is 0 Å². The van der Waals surface area contributed by atoms with Crippen LogP contribution >= 0.6 is 0 Å². The second kappa shape index (κ2) is 6.19. The highest BCUT2D eigenvalue weighted by Gasteiger charge is 2.29. The van der Waals surface area contributed by atoms with Crippen molar-refractivity contribution in [2.45, 2.75) is 38.1 Å². The second-order valence-electron chi connectivity index (χ2n) is 5.84. The minimum absolute atomic E-state index is 0.697. The number of nitrogens with zero attached hydrogens (tertiary/aromatic N) is 1. The number of hydrogen-bond donors (Lipinski definition) is 1. The van der Waals surface area contributed by atoms with Gasteiger partial charge in [-0.1, -0.05) is 29.8 Å². The molecule has 2 heteroatoms. The Morgan fingerprint density at radius 1 is 1.05 bits per heavy atom. The van der Waals surface area contributed by atoms with Crippen molar-refractivity contribution in [3.63, 3.8) is 0 Å². The smallest absolute Gasteiger partial charge is 0.0270 e. The van der Waals surface area contributed by atoms with E-state index in [4.69, 9.17) is 0 Å². The van der Waals surface area contributed by atoms with Crippen molar-refractivity contribution in [3.05, 3.63) is 65.5 Å². The van der Waals surface area contributed by atoms with E-state index in [9.17, 15) is 0 Å². The van der Waals surface area contributed by atoms with E-state index in [0.29, 0.717) is 6.04 Å². The highest BCUT2D eigenvalue weighted by Crippen LogP contribution is 2.36. The Morgan fingerprint density at radius 2 is 1.75 bits per heavy atom. The SMILES string of the molecule is Cc1ccc(C2CC(NCCc3ccncc3)C2)cc1. The summed E-state index contributed by atoms with van der Waals surface area (Å²) in [5.74, 6) is 0.758. The average Bonchev–Trinajstić information content (AvgIpc) is 2.44. The van der Waals surface area contributed by atoms with Crippen molar-refractivity contribution < 1.29 is 0 Å². The predicted octanol–water partition coefficient (Wildman–Crippen LogP) is 3.47. The molecular formula is C18H22N2. The molecule has 2 nitrogen and oxygen atoms in total. The Hall–Kier alpha value is -1.67. The van der Waals surface area contributed by atoms with Crippen LogP contribution < -0.4 is 5.32 Å². The fourth-order valence-electron chi connectivity index (χ4n) is 2.87. The van der Waals surface area contributed by atoms with Crippen LogP contribution in [0.25, 0.3) is 0 Å². The van der Waals surface area contributed by atoms with Gasteiger partial charge >= 0.3 is 0 Å². The molecule has 104 valence electrons. The molecule has 0 spiro atoms. The van der Waals surface area contributed by atoms with Crippen molar-refractivity contribution in [1.82, 2.24) is 10.3 Å². The fraction of sp³-hybridized carbons (Fsp3) is 0.389. The summed E-state index contributed by atoms with van der Waals surface area (Å²) in [7, 11) is 0. The van der Waals surface area contributed by atoms with Gasteiger partial charge < -0.3 is 5.32 Å². The van der Waals surface area contributed by atoms with Crippen molar-refractivity contribution >= 4 is 0 Å². The fourth-order valence-corrected chi connectivity index (χ4v) is 2.87. The summed E-state index contributed by atoms with van der Waals surface area (Å²) < 4.78 is 0. The zero-order valence-electron chi connectivity index (χ0n) is 12.0. The molecule has 1 aliphatic rings. The van der Waals surface area contributed by atoms with E-state index >= 15 is 0 Å². The molecule has 0 bridgehead atoms. The molecule has 1 heterocycles. The van der Waals surface area contributed by atoms with Crippen LogP contribution in [0.15, 0.2) is 48.8 Å². The molecule has 1 saturated carbocycles. The Labute approximate surface area is 121 Å². The summed E-state index contributed by atoms with van der Waals surface area (Å²) in [5.41, 5.74) is 4.21. The quantitative estimate of drug-likeness (QED) is 0.896. The number of aromatic nitrogens is 1. The number of pyridine rings is 1. The lowest BCUT2D eigenvalue weighted by atomic mass is 9.75. The lowest BCUT2D eigenvalue weighted by Crippen LogP contribution is -2.40. The molecule has 0 unspecified atom stereocenters. The van der Waals surface area contributed by atoms with E-state index in [1.165, 1.54) is 29.5 Å². The highest BCUT2D eigenvalue weighted by atomic mass is 14.9. The van der Waals surface area contributed by atoms with Gasteiger partial charge in [0, 0.05) is 18.4 Å². The molecule has 0 saturated heterocycles. The number of nitrogens with one attached hydrogen (secondary N) is 1. The first kappa shape index (κ1) is 13.3. The maximum atomic E-state index is 4.05. The minimum Gasteiger partial charge on any atom is -0.314 e. The Kier molecular flexibility index (Phi) is 4.12. The van der Waals surface area contributed by atoms with E-state index in [0.717, 1.165) is 18.9 Å². The van der Waals surface area contributed by atoms with E-state index in [1.807, 2.05) is 12.4 Å². The second-order valence-corrected chi connectivity index (χ2v) is 5.84. The van der Waals surface area contributed by atoms with Gasteiger partial charge in [0.15, 0.2) is 0 Å². The zero-order valence-corrected chi connectivity index (χ0v) is 12.0. The normalized spacial score (nSPS) is 21.4. The number of hydrogen-bond acceptors (Lipinski definition) is 2. The van der Waals surface area contributed by atoms with Crippen LogP contribution in [0.1, 0.15) is 35.4 Å². The molecule has 1 aliphatic carbocycles. The average molecular weight is 266 g/mol. The maximum absolute atomic E-state index is 4.05. The van der Waals surface area contributed by atoms with E-state index in [-0.39, 0.29) is 0 Å². The summed E-state index contributed by atoms with van der Waals surface area (Å²) in [6, 6.07) is 13.9. The van der Waals surface area contributed by atoms with Gasteiger partial charge in [0.2, 0.25) is 0 Å². The summed E-state index contributed by atoms with van der Waals surface area (Å²) in [6.45, 7) is 3.21. The molecule has 1 aromatic carbocycles. The predicted molar refractivity (Wildman–Crippen MR) is 82.9 cm³/mol. The largest absolute Gasteiger partial charge is 0.314 e. The molecule has 0 amide bonds. The highest BCUT2D eigenvalue weighted by molar-refractivity contribution is 5.26. The van der Waals surface area contributed by atoms with Crippen LogP contribution in [0.3, 0.4) is 0 Å². The van der Waals surface area contributed by atoms with Crippen molar-refractivity contribution in [1.29, 1.82) is 0 Å². The van der Waals surface area contributed by atoms with Gasteiger partial charge in [-0.05, 0) is 61.9 Å². The summed E-state index contributed by atoms with van der Waals surface area (Å²) >= 11 is 0. The third-order valence-corrected chi connectivity index (χ3v) is 4.28. The van der Waals surface area contributed by atoms with Gasteiger partial charge in [0.05, 0.1) is 0 Å². The molecule has 1 fully saturated rings. The van der Waals surface area contributed by atoms with E-state index < -0.39 is 0 Å². The van der Waals surface area contributed by atoms with Gasteiger partial charge in [0.25, 0.3) is 0 Å². The standard InChI is InChI=1S/C18H22N2/c1-14-2-4-16(5-3-14)17-12-18(13-17)20-11-8-15-6-9-19-10-7-15/h2-7,9-10,17-18,20H,8,11-13H2,1H3. The van der Waals surface area contributed by atoms with Crippen LogP contribution in [0.5, 0.6) is 0 Å². The number of rotatable bonds is 5. The van der Waals surface area contributed by atoms with Crippen molar-refractivity contribution in [2.24, 2.45) is 0 Å². The van der Waals surface area contributed by atoms with Crippen LogP contribution in [0, 0.1) is 6.92 Å². The van der Waals surface area contributed by atoms with Crippen molar-refractivity contribution in [3.8, 4) is 0 Å². The molecule has 1 N–H and O–H groups in total. The first-order chi connectivity index (χ1) is 9.81. The molecule has 0 radical (unpaired) electrons. The Bertz CT molecular complexity index is 527. The lowest BCUT2D eigenvalue weighted by Gasteiger charge is -2.36. The molecule has 0 atom stereocenters. The van der Waals surface area contributed by atoms with Crippen molar-refractivity contribution in [2.75, 3.05) is 6.54 Å². The van der Waals surface area contributed by atoms with Gasteiger partial charge in [-0.25, -0.2) is 0 Å². The Morgan fingerprint density at radius 3 is 2.45 bits per heavy atom. The summed E-state index contributed by atoms with van der Waals surface area (Å²) in [6.07, 6.45) is 7.38. The molecule has 0 aliphatic heterocycles. The monoisotopic (exact) mass is 266 g/mol. The lowest BCUT2D eigenvalue weighted by molar-refractivity contribution is 0.293. The van der Waals surface area contributed by atoms with Crippen LogP contribution in [-0.4, -0.2) is 17.6 Å². The van der Waals surface area contributed by atoms with E-state index in [2.05, 4.69) is 53.6 Å². The molecule has 1 aromatic heterocycles. The van der Waals surface area contributed by atoms with Gasteiger partial charge in [0.1, 0.15) is 0 Å². The van der Waals surface area contributed by atoms with Crippen LogP contribution in [0.4, 0.5) is 0 Å². The van der Waals surface area contributed by atoms with Crippen LogP contribution in [-0.2, 0) is 6.42 Å². The summed E-state index contributed by atoms with van der Waals surface area (Å²) in [4.78, 5) is 4.05. The molecule has 2 aromatic rings. The third-order valence-electron chi connectivity index (χ3n) is 4.28. The van der Waals surface area contributed by atoms with Gasteiger partial charge in [-0.15, -0.1) is 0 Å². The molecule has 3 rings (SSSR count). The maximum Gasteiger partial charge on any atom is 0.0270 e.